The van der Waals surface area contributed by atoms with Crippen LogP contribution >= 0.6 is 11.3 Å². The number of rotatable bonds is 5. The lowest BCUT2D eigenvalue weighted by molar-refractivity contribution is 0.332. The van der Waals surface area contributed by atoms with Crippen molar-refractivity contribution in [3.8, 4) is 51.0 Å². The summed E-state index contributed by atoms with van der Waals surface area (Å²) in [6.45, 7) is 9.68. The smallest absolute Gasteiger partial charge is 0.165 e. The van der Waals surface area contributed by atoms with Crippen molar-refractivity contribution in [1.29, 1.82) is 0 Å². The van der Waals surface area contributed by atoms with Gasteiger partial charge in [-0.15, -0.1) is 11.3 Å². The van der Waals surface area contributed by atoms with Crippen molar-refractivity contribution < 1.29 is 0 Å². The Morgan fingerprint density at radius 1 is 0.452 bits per heavy atom. The molecule has 0 saturated carbocycles. The Balaban J connectivity index is 1.05. The van der Waals surface area contributed by atoms with Crippen molar-refractivity contribution >= 4 is 64.1 Å². The molecule has 0 spiro atoms. The number of aromatic nitrogens is 4. The molecule has 1 aliphatic carbocycles. The van der Waals surface area contributed by atoms with Gasteiger partial charge >= 0.3 is 0 Å². The molecule has 3 aromatic heterocycles. The van der Waals surface area contributed by atoms with Crippen LogP contribution in [0.1, 0.15) is 51.7 Å². The van der Waals surface area contributed by atoms with E-state index in [9.17, 15) is 0 Å². The quantitative estimate of drug-likeness (QED) is 0.174. The van der Waals surface area contributed by atoms with E-state index < -0.39 is 0 Å². The number of fused-ring (bicyclic) bond motifs is 9. The van der Waals surface area contributed by atoms with Gasteiger partial charge in [-0.25, -0.2) is 15.0 Å². The van der Waals surface area contributed by atoms with E-state index in [0.717, 1.165) is 33.5 Å². The Labute approximate surface area is 365 Å². The van der Waals surface area contributed by atoms with E-state index in [-0.39, 0.29) is 10.8 Å². The first-order chi connectivity index (χ1) is 30.2. The molecule has 8 aromatic carbocycles. The molecule has 0 N–H and O–H groups in total. The summed E-state index contributed by atoms with van der Waals surface area (Å²) in [7, 11) is 0. The van der Waals surface area contributed by atoms with Crippen LogP contribution in [-0.4, -0.2) is 19.5 Å². The second-order valence-corrected chi connectivity index (χ2v) is 19.3. The third-order valence-electron chi connectivity index (χ3n) is 13.5. The summed E-state index contributed by atoms with van der Waals surface area (Å²) >= 11 is 1.79. The van der Waals surface area contributed by atoms with Crippen LogP contribution < -0.4 is 0 Å². The number of benzene rings is 8. The SMILES string of the molecule is CC1(C)CCC(C)(C)c2cc3c(cc21)c1c2ccccc2ccc1n3-c1ccc(-c2nc(-c3cccc(-c4ccccc4)c3)nc(-c3cccc4c3sc3ccccc34)n2)cc1. The van der Waals surface area contributed by atoms with Gasteiger partial charge in [0.1, 0.15) is 0 Å². The molecule has 0 fully saturated rings. The predicted molar refractivity (Wildman–Crippen MR) is 262 cm³/mol. The number of hydrogen-bond donors (Lipinski definition) is 0. The number of nitrogens with zero attached hydrogens (tertiary/aromatic N) is 4. The summed E-state index contributed by atoms with van der Waals surface area (Å²) in [4.78, 5) is 15.8. The van der Waals surface area contributed by atoms with Gasteiger partial charge in [-0.3, -0.25) is 0 Å². The van der Waals surface area contributed by atoms with E-state index in [1.54, 1.807) is 11.3 Å². The van der Waals surface area contributed by atoms with Crippen LogP contribution in [0.5, 0.6) is 0 Å². The average Bonchev–Trinajstić information content (AvgIpc) is 3.86. The molecule has 0 bridgehead atoms. The summed E-state index contributed by atoms with van der Waals surface area (Å²) in [5.41, 5.74) is 11.9. The first-order valence-electron chi connectivity index (χ1n) is 21.6. The normalized spacial score (nSPS) is 14.6. The maximum absolute atomic E-state index is 5.28. The maximum Gasteiger partial charge on any atom is 0.165 e. The van der Waals surface area contributed by atoms with Gasteiger partial charge < -0.3 is 4.57 Å². The highest BCUT2D eigenvalue weighted by Gasteiger charge is 2.38. The Morgan fingerprint density at radius 2 is 1.08 bits per heavy atom. The molecule has 0 aliphatic heterocycles. The van der Waals surface area contributed by atoms with Gasteiger partial charge in [-0.05, 0) is 117 Å². The molecule has 0 unspecified atom stereocenters. The molecule has 298 valence electrons. The first-order valence-corrected chi connectivity index (χ1v) is 22.5. The molecule has 11 aromatic rings. The fraction of sp³-hybridized carbons (Fsp3) is 0.140. The van der Waals surface area contributed by atoms with Crippen molar-refractivity contribution in [3.63, 3.8) is 0 Å². The Bertz CT molecular complexity index is 3570. The Morgan fingerprint density at radius 3 is 1.89 bits per heavy atom. The standard InChI is InChI=1S/C57H44N4S/c1-56(2)30-31-57(3,4)47-34-49-45(33-46(47)56)51-41-19-9-8-16-36(41)26-29-48(51)61(49)40-27-24-37(25-28-40)53-58-54(39-18-12-17-38(32-39)35-14-6-5-7-15-35)60-55(59-53)44-22-13-21-43-42-20-10-11-23-50(42)62-52(43)44/h5-29,32-34H,30-31H2,1-4H3. The molecule has 12 rings (SSSR count). The van der Waals surface area contributed by atoms with Gasteiger partial charge in [0.2, 0.25) is 0 Å². The minimum absolute atomic E-state index is 0.0845. The van der Waals surface area contributed by atoms with Gasteiger partial charge in [0.15, 0.2) is 17.5 Å². The molecule has 0 radical (unpaired) electrons. The van der Waals surface area contributed by atoms with E-state index in [4.69, 9.17) is 15.0 Å². The lowest BCUT2D eigenvalue weighted by atomic mass is 9.63. The van der Waals surface area contributed by atoms with E-state index in [1.807, 2.05) is 0 Å². The zero-order valence-electron chi connectivity index (χ0n) is 35.3. The largest absolute Gasteiger partial charge is 0.309 e. The highest BCUT2D eigenvalue weighted by Crippen LogP contribution is 2.49. The summed E-state index contributed by atoms with van der Waals surface area (Å²) in [5, 5.41) is 7.63. The van der Waals surface area contributed by atoms with Gasteiger partial charge in [-0.2, -0.15) is 0 Å². The van der Waals surface area contributed by atoms with E-state index >= 15 is 0 Å². The fourth-order valence-electron chi connectivity index (χ4n) is 10.0. The van der Waals surface area contributed by atoms with Gasteiger partial charge in [-0.1, -0.05) is 137 Å². The van der Waals surface area contributed by atoms with Crippen molar-refractivity contribution in [2.45, 2.75) is 51.4 Å². The molecule has 5 heteroatoms. The fourth-order valence-corrected chi connectivity index (χ4v) is 11.2. The maximum atomic E-state index is 5.28. The van der Waals surface area contributed by atoms with Gasteiger partial charge in [0.05, 0.1) is 11.0 Å². The van der Waals surface area contributed by atoms with Crippen LogP contribution in [0.2, 0.25) is 0 Å². The van der Waals surface area contributed by atoms with Crippen molar-refractivity contribution in [3.05, 3.63) is 181 Å². The number of hydrogen-bond acceptors (Lipinski definition) is 4. The zero-order valence-corrected chi connectivity index (χ0v) is 36.1. The second kappa shape index (κ2) is 13.8. The molecule has 0 amide bonds. The average molecular weight is 817 g/mol. The highest BCUT2D eigenvalue weighted by atomic mass is 32.1. The molecular formula is C57H44N4S. The third-order valence-corrected chi connectivity index (χ3v) is 14.7. The topological polar surface area (TPSA) is 43.6 Å². The van der Waals surface area contributed by atoms with Crippen LogP contribution in [-0.2, 0) is 10.8 Å². The molecule has 1 aliphatic rings. The van der Waals surface area contributed by atoms with Crippen molar-refractivity contribution in [2.24, 2.45) is 0 Å². The minimum Gasteiger partial charge on any atom is -0.309 e. The lowest BCUT2D eigenvalue weighted by Crippen LogP contribution is -2.33. The molecule has 3 heterocycles. The summed E-state index contributed by atoms with van der Waals surface area (Å²) in [6, 6.07) is 61.4. The second-order valence-electron chi connectivity index (χ2n) is 18.3. The van der Waals surface area contributed by atoms with Crippen molar-refractivity contribution in [2.75, 3.05) is 0 Å². The van der Waals surface area contributed by atoms with Crippen LogP contribution in [0.4, 0.5) is 0 Å². The van der Waals surface area contributed by atoms with Gasteiger partial charge in [0.25, 0.3) is 0 Å². The highest BCUT2D eigenvalue weighted by molar-refractivity contribution is 7.26. The van der Waals surface area contributed by atoms with Crippen molar-refractivity contribution in [1.82, 2.24) is 19.5 Å². The Kier molecular flexibility index (Phi) is 8.20. The molecule has 0 saturated heterocycles. The van der Waals surface area contributed by atoms with Gasteiger partial charge in [0, 0.05) is 53.3 Å². The predicted octanol–water partition coefficient (Wildman–Crippen LogP) is 15.5. The number of thiophene rings is 1. The minimum atomic E-state index is 0.0845. The van der Waals surface area contributed by atoms with E-state index in [1.165, 1.54) is 76.7 Å². The molecule has 62 heavy (non-hydrogen) atoms. The third kappa shape index (κ3) is 5.83. The molecular weight excluding hydrogens is 773 g/mol. The van der Waals surface area contributed by atoms with Crippen LogP contribution in [0, 0.1) is 0 Å². The van der Waals surface area contributed by atoms with Crippen LogP contribution in [0.25, 0.3) is 104 Å². The Hall–Kier alpha value is -6.95. The lowest BCUT2D eigenvalue weighted by Gasteiger charge is -2.42. The first kappa shape index (κ1) is 36.9. The molecule has 4 nitrogen and oxygen atoms in total. The van der Waals surface area contributed by atoms with E-state index in [2.05, 4.69) is 202 Å². The summed E-state index contributed by atoms with van der Waals surface area (Å²) < 4.78 is 4.90. The summed E-state index contributed by atoms with van der Waals surface area (Å²) in [6.07, 6.45) is 2.35. The monoisotopic (exact) mass is 816 g/mol. The zero-order chi connectivity index (χ0) is 41.7. The van der Waals surface area contributed by atoms with E-state index in [0.29, 0.717) is 17.5 Å². The molecule has 0 atom stereocenters. The summed E-state index contributed by atoms with van der Waals surface area (Å²) in [5.74, 6) is 1.96. The van der Waals surface area contributed by atoms with Crippen LogP contribution in [0.15, 0.2) is 170 Å². The van der Waals surface area contributed by atoms with Crippen LogP contribution in [0.3, 0.4) is 0 Å².